The highest BCUT2D eigenvalue weighted by Crippen LogP contribution is 2.48. The number of hydrogen-bond acceptors (Lipinski definition) is 8. The number of anilines is 5. The molecular formula is C31H27F2N5O5. The third-order valence-electron chi connectivity index (χ3n) is 7.36. The molecule has 2 heterocycles. The van der Waals surface area contributed by atoms with Gasteiger partial charge in [-0.3, -0.25) is 9.59 Å². The fourth-order valence-corrected chi connectivity index (χ4v) is 4.79. The maximum absolute atomic E-state index is 15.2. The number of nitrogens with one attached hydrogen (secondary N) is 4. The van der Waals surface area contributed by atoms with Crippen LogP contribution in [0.1, 0.15) is 18.4 Å². The molecule has 4 N–H and O–H groups in total. The molecule has 1 saturated carbocycles. The van der Waals surface area contributed by atoms with E-state index in [4.69, 9.17) is 14.2 Å². The zero-order valence-corrected chi connectivity index (χ0v) is 23.2. The molecule has 0 atom stereocenters. The molecule has 12 heteroatoms. The Balaban J connectivity index is 1.15. The standard InChI is InChI=1S/C31H27F2N5O5/c1-41-25-13-17-16-35-27-24(9-12-34-28(27)38-22(17)15-26(25)42-2)43-23-8-7-20(14-21(23)33)37-30(40)31(10-11-31)29(39)36-19-5-3-18(32)4-6-19/h3-9,12-15,35H,10-11,16H2,1-2H3,(H,34,38)(H,36,39)(H,37,40). The lowest BCUT2D eigenvalue weighted by molar-refractivity contribution is -0.131. The van der Waals surface area contributed by atoms with Gasteiger partial charge in [-0.15, -0.1) is 0 Å². The van der Waals surface area contributed by atoms with E-state index in [2.05, 4.69) is 26.3 Å². The molecule has 4 aromatic rings. The van der Waals surface area contributed by atoms with E-state index < -0.39 is 28.9 Å². The van der Waals surface area contributed by atoms with Gasteiger partial charge in [0.15, 0.2) is 34.6 Å². The molecule has 3 aromatic carbocycles. The summed E-state index contributed by atoms with van der Waals surface area (Å²) in [6, 6.07) is 14.5. The van der Waals surface area contributed by atoms with Gasteiger partial charge >= 0.3 is 0 Å². The number of carbonyl (C=O) groups is 2. The number of benzene rings is 3. The number of aromatic nitrogens is 1. The number of nitrogens with zero attached hydrogens (tertiary/aromatic N) is 1. The molecule has 0 saturated heterocycles. The molecule has 0 spiro atoms. The third kappa shape index (κ3) is 5.46. The molecule has 43 heavy (non-hydrogen) atoms. The van der Waals surface area contributed by atoms with Crippen LogP contribution in [0.3, 0.4) is 0 Å². The van der Waals surface area contributed by atoms with E-state index in [-0.39, 0.29) is 11.4 Å². The summed E-state index contributed by atoms with van der Waals surface area (Å²) in [5.41, 5.74) is 1.45. The molecular weight excluding hydrogens is 560 g/mol. The Kier molecular flexibility index (Phi) is 7.18. The lowest BCUT2D eigenvalue weighted by Crippen LogP contribution is -2.35. The average molecular weight is 588 g/mol. The summed E-state index contributed by atoms with van der Waals surface area (Å²) < 4.78 is 45.1. The van der Waals surface area contributed by atoms with Crippen molar-refractivity contribution in [3.05, 3.63) is 84.1 Å². The highest BCUT2D eigenvalue weighted by atomic mass is 19.1. The van der Waals surface area contributed by atoms with E-state index in [9.17, 15) is 14.0 Å². The normalized spacial score (nSPS) is 14.0. The van der Waals surface area contributed by atoms with Crippen LogP contribution in [0.25, 0.3) is 0 Å². The fraction of sp³-hybridized carbons (Fsp3) is 0.194. The van der Waals surface area contributed by atoms with Crippen molar-refractivity contribution in [2.24, 2.45) is 5.41 Å². The number of halogens is 2. The van der Waals surface area contributed by atoms with E-state index in [1.165, 1.54) is 42.6 Å². The monoisotopic (exact) mass is 587 g/mol. The zero-order valence-electron chi connectivity index (χ0n) is 23.2. The van der Waals surface area contributed by atoms with Gasteiger partial charge in [0, 0.05) is 48.0 Å². The fourth-order valence-electron chi connectivity index (χ4n) is 4.79. The van der Waals surface area contributed by atoms with Crippen LogP contribution in [0.4, 0.5) is 37.3 Å². The Labute approximate surface area is 245 Å². The smallest absolute Gasteiger partial charge is 0.240 e. The van der Waals surface area contributed by atoms with Crippen LogP contribution >= 0.6 is 0 Å². The van der Waals surface area contributed by atoms with E-state index in [0.717, 1.165) is 17.3 Å². The van der Waals surface area contributed by atoms with Crippen molar-refractivity contribution in [1.82, 2.24) is 4.98 Å². The molecule has 10 nitrogen and oxygen atoms in total. The quantitative estimate of drug-likeness (QED) is 0.180. The first-order valence-electron chi connectivity index (χ1n) is 13.4. The van der Waals surface area contributed by atoms with Crippen LogP contribution in [0.2, 0.25) is 0 Å². The Morgan fingerprint density at radius 1 is 0.837 bits per heavy atom. The van der Waals surface area contributed by atoms with Crippen LogP contribution in [0.5, 0.6) is 23.0 Å². The Bertz CT molecular complexity index is 1730. The predicted molar refractivity (Wildman–Crippen MR) is 156 cm³/mol. The van der Waals surface area contributed by atoms with E-state index in [1.807, 2.05) is 12.1 Å². The van der Waals surface area contributed by atoms with Crippen molar-refractivity contribution < 1.29 is 32.6 Å². The van der Waals surface area contributed by atoms with Crippen LogP contribution in [0, 0.1) is 17.0 Å². The largest absolute Gasteiger partial charge is 0.493 e. The molecule has 1 aliphatic carbocycles. The SMILES string of the molecule is COc1cc2c(cc1OC)Nc1nccc(Oc3ccc(NC(=O)C4(C(=O)Nc5ccc(F)cc5)CC4)cc3F)c1NC2. The third-order valence-corrected chi connectivity index (χ3v) is 7.36. The van der Waals surface area contributed by atoms with Crippen LogP contribution in [-0.2, 0) is 16.1 Å². The summed E-state index contributed by atoms with van der Waals surface area (Å²) in [5.74, 6) is -0.354. The minimum absolute atomic E-state index is 0.0755. The van der Waals surface area contributed by atoms with Crippen molar-refractivity contribution in [2.75, 3.05) is 35.5 Å². The number of hydrogen-bond donors (Lipinski definition) is 4. The molecule has 0 radical (unpaired) electrons. The van der Waals surface area contributed by atoms with Gasteiger partial charge < -0.3 is 35.5 Å². The number of ether oxygens (including phenoxy) is 3. The van der Waals surface area contributed by atoms with Crippen molar-refractivity contribution in [3.63, 3.8) is 0 Å². The highest BCUT2D eigenvalue weighted by molar-refractivity contribution is 6.16. The maximum atomic E-state index is 15.2. The summed E-state index contributed by atoms with van der Waals surface area (Å²) in [6.45, 7) is 0.404. The molecule has 1 aliphatic heterocycles. The summed E-state index contributed by atoms with van der Waals surface area (Å²) >= 11 is 0. The van der Waals surface area contributed by atoms with Crippen LogP contribution in [-0.4, -0.2) is 31.0 Å². The van der Waals surface area contributed by atoms with Gasteiger partial charge in [0.1, 0.15) is 16.9 Å². The molecule has 0 unspecified atom stereocenters. The molecule has 2 aliphatic rings. The van der Waals surface area contributed by atoms with Gasteiger partial charge in [-0.1, -0.05) is 0 Å². The molecule has 1 aromatic heterocycles. The summed E-state index contributed by atoms with van der Waals surface area (Å²) in [4.78, 5) is 30.2. The molecule has 220 valence electrons. The second kappa shape index (κ2) is 11.1. The van der Waals surface area contributed by atoms with Crippen molar-refractivity contribution >= 4 is 40.4 Å². The topological polar surface area (TPSA) is 123 Å². The number of amides is 2. The molecule has 0 bridgehead atoms. The Morgan fingerprint density at radius 2 is 1.51 bits per heavy atom. The van der Waals surface area contributed by atoms with Crippen LogP contribution in [0.15, 0.2) is 66.9 Å². The summed E-state index contributed by atoms with van der Waals surface area (Å²) in [6.07, 6.45) is 2.22. The first kappa shape index (κ1) is 27.8. The van der Waals surface area contributed by atoms with Crippen molar-refractivity contribution in [3.8, 4) is 23.0 Å². The minimum Gasteiger partial charge on any atom is -0.493 e. The van der Waals surface area contributed by atoms with Gasteiger partial charge in [0.25, 0.3) is 0 Å². The van der Waals surface area contributed by atoms with Gasteiger partial charge in [-0.05, 0) is 60.9 Å². The second-order valence-electron chi connectivity index (χ2n) is 10.1. The van der Waals surface area contributed by atoms with Gasteiger partial charge in [-0.2, -0.15) is 0 Å². The van der Waals surface area contributed by atoms with Gasteiger partial charge in [0.2, 0.25) is 11.8 Å². The average Bonchev–Trinajstić information content (AvgIpc) is 3.83. The lowest BCUT2D eigenvalue weighted by Gasteiger charge is -2.17. The van der Waals surface area contributed by atoms with E-state index >= 15 is 4.39 Å². The lowest BCUT2D eigenvalue weighted by atomic mass is 10.0. The predicted octanol–water partition coefficient (Wildman–Crippen LogP) is 6.20. The Hall–Kier alpha value is -5.39. The van der Waals surface area contributed by atoms with E-state index in [0.29, 0.717) is 53.8 Å². The molecule has 2 amide bonds. The van der Waals surface area contributed by atoms with Gasteiger partial charge in [-0.25, -0.2) is 13.8 Å². The second-order valence-corrected chi connectivity index (χ2v) is 10.1. The minimum atomic E-state index is -1.28. The van der Waals surface area contributed by atoms with Gasteiger partial charge in [0.05, 0.1) is 14.2 Å². The first-order chi connectivity index (χ1) is 20.8. The number of fused-ring (bicyclic) bond motifs is 2. The number of methoxy groups -OCH3 is 2. The van der Waals surface area contributed by atoms with Crippen molar-refractivity contribution in [2.45, 2.75) is 19.4 Å². The van der Waals surface area contributed by atoms with Crippen molar-refractivity contribution in [1.29, 1.82) is 0 Å². The summed E-state index contributed by atoms with van der Waals surface area (Å²) in [7, 11) is 3.12. The number of carbonyl (C=O) groups excluding carboxylic acids is 2. The van der Waals surface area contributed by atoms with E-state index in [1.54, 1.807) is 20.3 Å². The molecule has 1 fully saturated rings. The Morgan fingerprint density at radius 3 is 2.19 bits per heavy atom. The first-order valence-corrected chi connectivity index (χ1v) is 13.4. The summed E-state index contributed by atoms with van der Waals surface area (Å²) in [5, 5.41) is 11.8. The molecule has 6 rings (SSSR count). The number of rotatable bonds is 8. The zero-order chi connectivity index (χ0) is 30.1. The highest BCUT2D eigenvalue weighted by Gasteiger charge is 2.56. The van der Waals surface area contributed by atoms with Crippen LogP contribution < -0.4 is 35.5 Å². The maximum Gasteiger partial charge on any atom is 0.240 e. The number of pyridine rings is 1.